The van der Waals surface area contributed by atoms with Gasteiger partial charge in [0.25, 0.3) is 0 Å². The lowest BCUT2D eigenvalue weighted by Crippen LogP contribution is -2.31. The second kappa shape index (κ2) is 3.49. The third-order valence-corrected chi connectivity index (χ3v) is 0.908. The summed E-state index contributed by atoms with van der Waals surface area (Å²) in [6.45, 7) is 0. The van der Waals surface area contributed by atoms with Crippen LogP contribution in [0.2, 0.25) is 0 Å². The van der Waals surface area contributed by atoms with Crippen LogP contribution in [0, 0.1) is 10.1 Å². The fourth-order valence-electron chi connectivity index (χ4n) is 0.417. The van der Waals surface area contributed by atoms with Gasteiger partial charge in [-0.15, -0.1) is 0 Å². The SMILES string of the molecule is O=C(O)C[C@@H](C(=O)O)[N+](=O)[O-]. The first-order valence-electron chi connectivity index (χ1n) is 2.53. The molecule has 7 heteroatoms. The lowest BCUT2D eigenvalue weighted by Gasteiger charge is -1.99. The third-order valence-electron chi connectivity index (χ3n) is 0.908. The molecule has 0 rings (SSSR count). The second-order valence-corrected chi connectivity index (χ2v) is 1.74. The van der Waals surface area contributed by atoms with Gasteiger partial charge in [-0.3, -0.25) is 14.9 Å². The summed E-state index contributed by atoms with van der Waals surface area (Å²) in [6, 6.07) is -2.05. The van der Waals surface area contributed by atoms with Crippen LogP contribution in [-0.4, -0.2) is 33.1 Å². The zero-order valence-corrected chi connectivity index (χ0v) is 5.26. The van der Waals surface area contributed by atoms with E-state index in [-0.39, 0.29) is 0 Å². The molecule has 0 heterocycles. The Kier molecular flexibility index (Phi) is 2.97. The van der Waals surface area contributed by atoms with Gasteiger partial charge in [0.1, 0.15) is 6.42 Å². The first-order chi connectivity index (χ1) is 4.95. The van der Waals surface area contributed by atoms with Crippen LogP contribution >= 0.6 is 0 Å². The van der Waals surface area contributed by atoms with Crippen molar-refractivity contribution < 1.29 is 24.7 Å². The number of carbonyl (C=O) groups is 2. The highest BCUT2D eigenvalue weighted by Crippen LogP contribution is 1.96. The number of hydrogen-bond acceptors (Lipinski definition) is 4. The minimum Gasteiger partial charge on any atom is -0.481 e. The molecule has 0 aliphatic heterocycles. The molecule has 0 bridgehead atoms. The molecule has 0 radical (unpaired) electrons. The topological polar surface area (TPSA) is 118 Å². The highest BCUT2D eigenvalue weighted by molar-refractivity contribution is 5.79. The van der Waals surface area contributed by atoms with E-state index in [4.69, 9.17) is 10.2 Å². The number of aliphatic carboxylic acids is 2. The standard InChI is InChI=1S/C4H5NO6/c6-3(7)1-2(4(8)9)5(10)11/h2H,1H2,(H,6,7)(H,8,9)/t2-/m0/s1. The van der Waals surface area contributed by atoms with Gasteiger partial charge in [-0.2, -0.15) is 0 Å². The first-order valence-corrected chi connectivity index (χ1v) is 2.53. The molecule has 0 fully saturated rings. The summed E-state index contributed by atoms with van der Waals surface area (Å²) >= 11 is 0. The number of carboxylic acid groups (broad SMARTS) is 2. The van der Waals surface area contributed by atoms with E-state index in [2.05, 4.69) is 0 Å². The Bertz CT molecular complexity index is 185. The van der Waals surface area contributed by atoms with Crippen LogP contribution in [0.5, 0.6) is 0 Å². The van der Waals surface area contributed by atoms with E-state index < -0.39 is 29.3 Å². The summed E-state index contributed by atoms with van der Waals surface area (Å²) in [6.07, 6.45) is -0.998. The summed E-state index contributed by atoms with van der Waals surface area (Å²) in [5.41, 5.74) is 0. The fraction of sp³-hybridized carbons (Fsp3) is 0.500. The van der Waals surface area contributed by atoms with E-state index in [0.29, 0.717) is 0 Å². The van der Waals surface area contributed by atoms with Crippen molar-refractivity contribution in [2.24, 2.45) is 0 Å². The van der Waals surface area contributed by atoms with Crippen molar-refractivity contribution in [2.45, 2.75) is 12.5 Å². The molecule has 0 unspecified atom stereocenters. The van der Waals surface area contributed by atoms with Crippen LogP contribution in [0.3, 0.4) is 0 Å². The Morgan fingerprint density at radius 1 is 1.45 bits per heavy atom. The Morgan fingerprint density at radius 2 is 1.91 bits per heavy atom. The average Bonchev–Trinajstić information content (AvgIpc) is 1.81. The minimum absolute atomic E-state index is 0.998. The molecule has 62 valence electrons. The van der Waals surface area contributed by atoms with E-state index in [1.165, 1.54) is 0 Å². The fourth-order valence-corrected chi connectivity index (χ4v) is 0.417. The molecule has 0 aliphatic carbocycles. The summed E-state index contributed by atoms with van der Waals surface area (Å²) in [5.74, 6) is -3.24. The molecular formula is C4H5NO6. The Hall–Kier alpha value is -1.66. The van der Waals surface area contributed by atoms with Crippen molar-refractivity contribution in [3.05, 3.63) is 10.1 Å². The highest BCUT2D eigenvalue weighted by Gasteiger charge is 2.31. The number of nitro groups is 1. The van der Waals surface area contributed by atoms with E-state index in [9.17, 15) is 19.7 Å². The van der Waals surface area contributed by atoms with Gasteiger partial charge in [-0.1, -0.05) is 0 Å². The average molecular weight is 163 g/mol. The van der Waals surface area contributed by atoms with E-state index in [1.807, 2.05) is 0 Å². The zero-order valence-electron chi connectivity index (χ0n) is 5.26. The van der Waals surface area contributed by atoms with Crippen molar-refractivity contribution in [1.82, 2.24) is 0 Å². The van der Waals surface area contributed by atoms with Gasteiger partial charge in [-0.05, 0) is 0 Å². The molecule has 0 aromatic rings. The molecule has 2 N–H and O–H groups in total. The Morgan fingerprint density at radius 3 is 2.00 bits per heavy atom. The van der Waals surface area contributed by atoms with Crippen molar-refractivity contribution in [1.29, 1.82) is 0 Å². The normalized spacial score (nSPS) is 12.0. The number of nitrogens with zero attached hydrogens (tertiary/aromatic N) is 1. The smallest absolute Gasteiger partial charge is 0.379 e. The third kappa shape index (κ3) is 3.14. The Labute approximate surface area is 60.4 Å². The van der Waals surface area contributed by atoms with Crippen molar-refractivity contribution in [3.8, 4) is 0 Å². The van der Waals surface area contributed by atoms with Crippen LogP contribution in [0.1, 0.15) is 6.42 Å². The molecule has 0 aliphatic rings. The number of carboxylic acids is 2. The zero-order chi connectivity index (χ0) is 9.02. The van der Waals surface area contributed by atoms with Gasteiger partial charge >= 0.3 is 18.0 Å². The van der Waals surface area contributed by atoms with E-state index in [0.717, 1.165) is 0 Å². The monoisotopic (exact) mass is 163 g/mol. The van der Waals surface area contributed by atoms with Crippen LogP contribution < -0.4 is 0 Å². The molecule has 0 aromatic heterocycles. The summed E-state index contributed by atoms with van der Waals surface area (Å²) in [4.78, 5) is 28.5. The van der Waals surface area contributed by atoms with Crippen molar-refractivity contribution in [2.75, 3.05) is 0 Å². The second-order valence-electron chi connectivity index (χ2n) is 1.74. The van der Waals surface area contributed by atoms with Gasteiger partial charge in [0.15, 0.2) is 0 Å². The van der Waals surface area contributed by atoms with Crippen LogP contribution in [0.25, 0.3) is 0 Å². The van der Waals surface area contributed by atoms with Crippen molar-refractivity contribution >= 4 is 11.9 Å². The number of rotatable bonds is 4. The molecule has 0 amide bonds. The molecular weight excluding hydrogens is 158 g/mol. The van der Waals surface area contributed by atoms with E-state index in [1.54, 1.807) is 0 Å². The maximum Gasteiger partial charge on any atom is 0.379 e. The molecule has 0 saturated heterocycles. The van der Waals surface area contributed by atoms with Gasteiger partial charge in [-0.25, -0.2) is 4.79 Å². The minimum atomic E-state index is -2.05. The predicted octanol–water partition coefficient (Wildman–Crippen LogP) is -0.809. The lowest BCUT2D eigenvalue weighted by atomic mass is 10.2. The maximum atomic E-state index is 9.97. The number of hydrogen-bond donors (Lipinski definition) is 2. The van der Waals surface area contributed by atoms with Gasteiger partial charge in [0, 0.05) is 4.92 Å². The van der Waals surface area contributed by atoms with Crippen LogP contribution in [0.4, 0.5) is 0 Å². The molecule has 0 spiro atoms. The molecule has 7 nitrogen and oxygen atoms in total. The highest BCUT2D eigenvalue weighted by atomic mass is 16.6. The van der Waals surface area contributed by atoms with Crippen LogP contribution in [0.15, 0.2) is 0 Å². The van der Waals surface area contributed by atoms with Gasteiger partial charge in [0.05, 0.1) is 0 Å². The molecule has 0 aromatic carbocycles. The summed E-state index contributed by atoms with van der Waals surface area (Å²) in [5, 5.41) is 25.9. The molecule has 11 heavy (non-hydrogen) atoms. The largest absolute Gasteiger partial charge is 0.481 e. The predicted molar refractivity (Wildman–Crippen MR) is 30.7 cm³/mol. The quantitative estimate of drug-likeness (QED) is 0.413. The maximum absolute atomic E-state index is 9.97. The summed E-state index contributed by atoms with van der Waals surface area (Å²) in [7, 11) is 0. The van der Waals surface area contributed by atoms with Crippen LogP contribution in [-0.2, 0) is 9.59 Å². The molecule has 0 saturated carbocycles. The Balaban J connectivity index is 4.23. The first kappa shape index (κ1) is 9.34. The summed E-state index contributed by atoms with van der Waals surface area (Å²) < 4.78 is 0. The lowest BCUT2D eigenvalue weighted by molar-refractivity contribution is -0.509. The van der Waals surface area contributed by atoms with E-state index >= 15 is 0 Å². The van der Waals surface area contributed by atoms with Gasteiger partial charge in [0.2, 0.25) is 0 Å². The van der Waals surface area contributed by atoms with Crippen molar-refractivity contribution in [3.63, 3.8) is 0 Å². The van der Waals surface area contributed by atoms with Gasteiger partial charge < -0.3 is 10.2 Å². The molecule has 1 atom stereocenters.